The summed E-state index contributed by atoms with van der Waals surface area (Å²) >= 11 is 0. The van der Waals surface area contributed by atoms with Gasteiger partial charge in [-0.2, -0.15) is 0 Å². The molecule has 0 spiro atoms. The molecule has 0 saturated carbocycles. The number of carbonyl (C=O) groups is 2. The van der Waals surface area contributed by atoms with Crippen molar-refractivity contribution in [1.29, 1.82) is 0 Å². The summed E-state index contributed by atoms with van der Waals surface area (Å²) in [7, 11) is 0. The molecule has 0 atom stereocenters. The molecule has 23 heavy (non-hydrogen) atoms. The van der Waals surface area contributed by atoms with Crippen molar-refractivity contribution in [2.24, 2.45) is 0 Å². The van der Waals surface area contributed by atoms with Gasteiger partial charge in [-0.05, 0) is 23.8 Å². The average molecular weight is 310 g/mol. The van der Waals surface area contributed by atoms with Crippen molar-refractivity contribution >= 4 is 18.0 Å². The fourth-order valence-electron chi connectivity index (χ4n) is 2.28. The summed E-state index contributed by atoms with van der Waals surface area (Å²) in [5.41, 5.74) is 0.962. The van der Waals surface area contributed by atoms with Crippen LogP contribution in [0.25, 0.3) is 6.08 Å². The molecule has 0 unspecified atom stereocenters. The monoisotopic (exact) mass is 310 g/mol. The number of benzene rings is 2. The summed E-state index contributed by atoms with van der Waals surface area (Å²) in [6.45, 7) is 1.52. The van der Waals surface area contributed by atoms with E-state index in [1.807, 2.05) is 6.07 Å². The average Bonchev–Trinajstić information content (AvgIpc) is 2.53. The number of esters is 2. The van der Waals surface area contributed by atoms with Crippen molar-refractivity contribution in [3.63, 3.8) is 0 Å². The topological polar surface area (TPSA) is 72.8 Å². The van der Waals surface area contributed by atoms with Crippen LogP contribution >= 0.6 is 0 Å². The second-order valence-electron chi connectivity index (χ2n) is 5.24. The van der Waals surface area contributed by atoms with Crippen LogP contribution in [0.5, 0.6) is 5.75 Å². The van der Waals surface area contributed by atoms with Crippen LogP contribution in [0.2, 0.25) is 0 Å². The van der Waals surface area contributed by atoms with Gasteiger partial charge in [0.25, 0.3) is 5.79 Å². The lowest BCUT2D eigenvalue weighted by Gasteiger charge is -2.33. The lowest BCUT2D eigenvalue weighted by atomic mass is 10.0. The van der Waals surface area contributed by atoms with E-state index in [0.29, 0.717) is 11.1 Å². The zero-order valence-corrected chi connectivity index (χ0v) is 12.4. The van der Waals surface area contributed by atoms with Crippen LogP contribution in [0.3, 0.4) is 0 Å². The third-order valence-electron chi connectivity index (χ3n) is 3.52. The third kappa shape index (κ3) is 2.94. The number of phenolic OH excluding ortho intramolecular Hbond substituents is 1. The maximum atomic E-state index is 12.2. The van der Waals surface area contributed by atoms with Crippen molar-refractivity contribution < 1.29 is 24.2 Å². The molecule has 1 fully saturated rings. The summed E-state index contributed by atoms with van der Waals surface area (Å²) in [5, 5.41) is 9.26. The lowest BCUT2D eigenvalue weighted by Crippen LogP contribution is -2.42. The van der Waals surface area contributed by atoms with Gasteiger partial charge in [0.1, 0.15) is 11.3 Å². The lowest BCUT2D eigenvalue weighted by molar-refractivity contribution is -0.233. The maximum absolute atomic E-state index is 12.2. The number of carbonyl (C=O) groups excluding carboxylic acids is 2. The van der Waals surface area contributed by atoms with E-state index in [2.05, 4.69) is 0 Å². The van der Waals surface area contributed by atoms with E-state index in [9.17, 15) is 14.7 Å². The quantitative estimate of drug-likeness (QED) is 0.524. The van der Waals surface area contributed by atoms with Crippen LogP contribution in [0.15, 0.2) is 60.2 Å². The molecule has 3 rings (SSSR count). The van der Waals surface area contributed by atoms with E-state index in [4.69, 9.17) is 9.47 Å². The van der Waals surface area contributed by atoms with E-state index >= 15 is 0 Å². The molecule has 2 aromatic rings. The van der Waals surface area contributed by atoms with Crippen molar-refractivity contribution in [1.82, 2.24) is 0 Å². The first-order chi connectivity index (χ1) is 11.0. The van der Waals surface area contributed by atoms with Gasteiger partial charge in [0.2, 0.25) is 0 Å². The molecule has 1 N–H and O–H groups in total. The van der Waals surface area contributed by atoms with E-state index in [0.717, 1.165) is 0 Å². The predicted octanol–water partition coefficient (Wildman–Crippen LogP) is 2.75. The highest BCUT2D eigenvalue weighted by molar-refractivity contribution is 6.18. The van der Waals surface area contributed by atoms with Gasteiger partial charge < -0.3 is 14.6 Å². The Bertz CT molecular complexity index is 755. The molecule has 1 aliphatic rings. The first-order valence-corrected chi connectivity index (χ1v) is 7.01. The molecule has 1 heterocycles. The normalized spacial score (nSPS) is 20.7. The number of ether oxygens (including phenoxy) is 2. The highest BCUT2D eigenvalue weighted by atomic mass is 16.7. The molecular formula is C18H14O5. The summed E-state index contributed by atoms with van der Waals surface area (Å²) in [5.74, 6) is -2.85. The van der Waals surface area contributed by atoms with Crippen LogP contribution in [-0.2, 0) is 24.8 Å². The molecule has 5 heteroatoms. The van der Waals surface area contributed by atoms with Crippen molar-refractivity contribution in [3.05, 3.63) is 71.3 Å². The zero-order chi connectivity index (χ0) is 16.4. The molecule has 0 bridgehead atoms. The standard InChI is InChI=1S/C18H14O5/c1-18(13-5-3-2-4-6-13)22-16(20)15(17(21)23-18)11-12-7-9-14(19)10-8-12/h2-11,19H,1H3. The number of aromatic hydroxyl groups is 1. The van der Waals surface area contributed by atoms with Gasteiger partial charge in [-0.3, -0.25) is 0 Å². The fourth-order valence-corrected chi connectivity index (χ4v) is 2.28. The summed E-state index contributed by atoms with van der Waals surface area (Å²) in [6, 6.07) is 14.9. The van der Waals surface area contributed by atoms with Crippen molar-refractivity contribution in [2.45, 2.75) is 12.7 Å². The smallest absolute Gasteiger partial charge is 0.349 e. The number of hydrogen-bond acceptors (Lipinski definition) is 5. The summed E-state index contributed by atoms with van der Waals surface area (Å²) < 4.78 is 10.7. The predicted molar refractivity (Wildman–Crippen MR) is 82.1 cm³/mol. The molecule has 1 saturated heterocycles. The minimum Gasteiger partial charge on any atom is -0.508 e. The number of cyclic esters (lactones) is 2. The Morgan fingerprint density at radius 1 is 0.913 bits per heavy atom. The molecule has 116 valence electrons. The van der Waals surface area contributed by atoms with Gasteiger partial charge in [-0.15, -0.1) is 0 Å². The van der Waals surface area contributed by atoms with Crippen LogP contribution < -0.4 is 0 Å². The van der Waals surface area contributed by atoms with Crippen molar-refractivity contribution in [2.75, 3.05) is 0 Å². The van der Waals surface area contributed by atoms with E-state index in [1.54, 1.807) is 36.4 Å². The molecular weight excluding hydrogens is 296 g/mol. The minimum atomic E-state index is -1.44. The second kappa shape index (κ2) is 5.61. The highest BCUT2D eigenvalue weighted by Crippen LogP contribution is 2.33. The van der Waals surface area contributed by atoms with Crippen LogP contribution in [-0.4, -0.2) is 17.0 Å². The van der Waals surface area contributed by atoms with Gasteiger partial charge in [0.15, 0.2) is 0 Å². The van der Waals surface area contributed by atoms with Gasteiger partial charge in [0, 0.05) is 12.5 Å². The Kier molecular flexibility index (Phi) is 3.62. The maximum Gasteiger partial charge on any atom is 0.349 e. The number of rotatable bonds is 2. The molecule has 1 aliphatic heterocycles. The van der Waals surface area contributed by atoms with E-state index in [1.165, 1.54) is 25.1 Å². The fraction of sp³-hybridized carbons (Fsp3) is 0.111. The molecule has 2 aromatic carbocycles. The van der Waals surface area contributed by atoms with E-state index in [-0.39, 0.29) is 11.3 Å². The largest absolute Gasteiger partial charge is 0.508 e. The SMILES string of the molecule is CC1(c2ccccc2)OC(=O)C(=Cc2ccc(O)cc2)C(=O)O1. The highest BCUT2D eigenvalue weighted by Gasteiger charge is 2.43. The number of hydrogen-bond donors (Lipinski definition) is 1. The molecule has 0 aromatic heterocycles. The zero-order valence-electron chi connectivity index (χ0n) is 12.4. The summed E-state index contributed by atoms with van der Waals surface area (Å²) in [4.78, 5) is 24.4. The second-order valence-corrected chi connectivity index (χ2v) is 5.24. The Balaban J connectivity index is 1.90. The molecule has 5 nitrogen and oxygen atoms in total. The van der Waals surface area contributed by atoms with Gasteiger partial charge >= 0.3 is 11.9 Å². The van der Waals surface area contributed by atoms with Gasteiger partial charge in [-0.1, -0.05) is 42.5 Å². The molecule has 0 aliphatic carbocycles. The summed E-state index contributed by atoms with van der Waals surface area (Å²) in [6.07, 6.45) is 1.37. The minimum absolute atomic E-state index is 0.0950. The molecule has 0 radical (unpaired) electrons. The Morgan fingerprint density at radius 3 is 2.04 bits per heavy atom. The van der Waals surface area contributed by atoms with Gasteiger partial charge in [-0.25, -0.2) is 9.59 Å². The third-order valence-corrected chi connectivity index (χ3v) is 3.52. The van der Waals surface area contributed by atoms with Crippen molar-refractivity contribution in [3.8, 4) is 5.75 Å². The Labute approximate surface area is 132 Å². The Morgan fingerprint density at radius 2 is 1.48 bits per heavy atom. The molecule has 0 amide bonds. The first kappa shape index (κ1) is 14.8. The van der Waals surface area contributed by atoms with Crippen LogP contribution in [0.4, 0.5) is 0 Å². The van der Waals surface area contributed by atoms with E-state index < -0.39 is 17.7 Å². The van der Waals surface area contributed by atoms with Crippen LogP contribution in [0.1, 0.15) is 18.1 Å². The Hall–Kier alpha value is -3.08. The first-order valence-electron chi connectivity index (χ1n) is 7.01. The van der Waals surface area contributed by atoms with Crippen LogP contribution in [0, 0.1) is 0 Å². The number of phenols is 1. The van der Waals surface area contributed by atoms with Gasteiger partial charge in [0.05, 0.1) is 0 Å².